The molecule has 0 N–H and O–H groups in total. The molecule has 2 nitrogen and oxygen atoms in total. The van der Waals surface area contributed by atoms with Crippen LogP contribution in [0.4, 0.5) is 5.69 Å². The second-order valence-electron chi connectivity index (χ2n) is 4.78. The molecule has 0 radical (unpaired) electrons. The van der Waals surface area contributed by atoms with E-state index in [0.717, 1.165) is 18.8 Å². The minimum Gasteiger partial charge on any atom is -0.497 e. The van der Waals surface area contributed by atoms with E-state index >= 15 is 0 Å². The SMILES string of the molecule is COc1ccc(N2Cc3ccccc3C2)c(C)c1. The number of hydrogen-bond donors (Lipinski definition) is 0. The number of anilines is 1. The summed E-state index contributed by atoms with van der Waals surface area (Å²) in [5.41, 5.74) is 5.44. The fourth-order valence-corrected chi connectivity index (χ4v) is 2.61. The van der Waals surface area contributed by atoms with Crippen molar-refractivity contribution in [1.82, 2.24) is 0 Å². The Morgan fingerprint density at radius 1 is 1.00 bits per heavy atom. The summed E-state index contributed by atoms with van der Waals surface area (Å²) in [6.45, 7) is 4.15. The highest BCUT2D eigenvalue weighted by Crippen LogP contribution is 2.31. The van der Waals surface area contributed by atoms with Crippen LogP contribution < -0.4 is 9.64 Å². The maximum Gasteiger partial charge on any atom is 0.119 e. The van der Waals surface area contributed by atoms with Gasteiger partial charge in [-0.1, -0.05) is 24.3 Å². The van der Waals surface area contributed by atoms with E-state index in [-0.39, 0.29) is 0 Å². The summed E-state index contributed by atoms with van der Waals surface area (Å²) in [5, 5.41) is 0. The fraction of sp³-hybridized carbons (Fsp3) is 0.250. The van der Waals surface area contributed by atoms with Gasteiger partial charge in [0.25, 0.3) is 0 Å². The molecule has 2 aromatic rings. The molecule has 2 aromatic carbocycles. The molecule has 3 rings (SSSR count). The van der Waals surface area contributed by atoms with Gasteiger partial charge in [0.1, 0.15) is 5.75 Å². The van der Waals surface area contributed by atoms with Crippen molar-refractivity contribution < 1.29 is 4.74 Å². The molecule has 18 heavy (non-hydrogen) atoms. The van der Waals surface area contributed by atoms with Crippen molar-refractivity contribution in [3.8, 4) is 5.75 Å². The minimum absolute atomic E-state index is 0.924. The van der Waals surface area contributed by atoms with Gasteiger partial charge in [-0.05, 0) is 41.8 Å². The lowest BCUT2D eigenvalue weighted by Gasteiger charge is -2.20. The highest BCUT2D eigenvalue weighted by atomic mass is 16.5. The molecule has 0 aliphatic carbocycles. The van der Waals surface area contributed by atoms with Gasteiger partial charge in [0.2, 0.25) is 0 Å². The van der Waals surface area contributed by atoms with Crippen LogP contribution >= 0.6 is 0 Å². The third-order valence-electron chi connectivity index (χ3n) is 3.59. The first-order valence-corrected chi connectivity index (χ1v) is 6.24. The zero-order chi connectivity index (χ0) is 12.5. The maximum absolute atomic E-state index is 5.26. The van der Waals surface area contributed by atoms with Crippen LogP contribution in [0, 0.1) is 6.92 Å². The van der Waals surface area contributed by atoms with Crippen LogP contribution in [0.25, 0.3) is 0 Å². The number of methoxy groups -OCH3 is 1. The van der Waals surface area contributed by atoms with Crippen molar-refractivity contribution in [1.29, 1.82) is 0 Å². The first kappa shape index (κ1) is 11.1. The average Bonchev–Trinajstić information content (AvgIpc) is 2.81. The van der Waals surface area contributed by atoms with Gasteiger partial charge in [-0.2, -0.15) is 0 Å². The van der Waals surface area contributed by atoms with E-state index in [1.54, 1.807) is 7.11 Å². The third-order valence-corrected chi connectivity index (χ3v) is 3.59. The monoisotopic (exact) mass is 239 g/mol. The van der Waals surface area contributed by atoms with Crippen molar-refractivity contribution in [2.75, 3.05) is 12.0 Å². The standard InChI is InChI=1S/C16H17NO/c1-12-9-15(18-2)7-8-16(12)17-10-13-5-3-4-6-14(13)11-17/h3-9H,10-11H2,1-2H3. The van der Waals surface area contributed by atoms with Crippen molar-refractivity contribution >= 4 is 5.69 Å². The summed E-state index contributed by atoms with van der Waals surface area (Å²) in [6.07, 6.45) is 0. The molecule has 0 saturated carbocycles. The van der Waals surface area contributed by atoms with Crippen molar-refractivity contribution in [3.05, 3.63) is 59.2 Å². The van der Waals surface area contributed by atoms with E-state index in [2.05, 4.69) is 48.2 Å². The Labute approximate surface area is 108 Å². The highest BCUT2D eigenvalue weighted by Gasteiger charge is 2.19. The fourth-order valence-electron chi connectivity index (χ4n) is 2.61. The van der Waals surface area contributed by atoms with Gasteiger partial charge in [0.05, 0.1) is 7.11 Å². The Morgan fingerprint density at radius 2 is 1.67 bits per heavy atom. The van der Waals surface area contributed by atoms with E-state index in [1.165, 1.54) is 22.4 Å². The van der Waals surface area contributed by atoms with Crippen molar-refractivity contribution in [2.24, 2.45) is 0 Å². The Kier molecular flexibility index (Phi) is 2.71. The van der Waals surface area contributed by atoms with Crippen LogP contribution in [0.15, 0.2) is 42.5 Å². The molecule has 1 aliphatic rings. The Morgan fingerprint density at radius 3 is 2.22 bits per heavy atom. The van der Waals surface area contributed by atoms with Crippen molar-refractivity contribution in [3.63, 3.8) is 0 Å². The Hall–Kier alpha value is -1.96. The normalized spacial score (nSPS) is 13.6. The van der Waals surface area contributed by atoms with Crippen LogP contribution in [0.1, 0.15) is 16.7 Å². The number of fused-ring (bicyclic) bond motifs is 1. The van der Waals surface area contributed by atoms with Gasteiger partial charge < -0.3 is 9.64 Å². The molecule has 2 heteroatoms. The van der Waals surface area contributed by atoms with Crippen LogP contribution in [-0.4, -0.2) is 7.11 Å². The molecule has 0 unspecified atom stereocenters. The number of hydrogen-bond acceptors (Lipinski definition) is 2. The molecule has 1 aliphatic heterocycles. The first-order valence-electron chi connectivity index (χ1n) is 6.24. The van der Waals surface area contributed by atoms with E-state index in [0.29, 0.717) is 0 Å². The first-order chi connectivity index (χ1) is 8.78. The smallest absolute Gasteiger partial charge is 0.119 e. The number of ether oxygens (including phenoxy) is 1. The van der Waals surface area contributed by atoms with Crippen LogP contribution in [0.2, 0.25) is 0 Å². The minimum atomic E-state index is 0.924. The van der Waals surface area contributed by atoms with E-state index in [4.69, 9.17) is 4.74 Å². The lowest BCUT2D eigenvalue weighted by atomic mass is 10.1. The summed E-state index contributed by atoms with van der Waals surface area (Å²) in [5.74, 6) is 0.924. The Balaban J connectivity index is 1.90. The van der Waals surface area contributed by atoms with Gasteiger partial charge in [-0.3, -0.25) is 0 Å². The highest BCUT2D eigenvalue weighted by molar-refractivity contribution is 5.58. The number of aryl methyl sites for hydroxylation is 1. The number of rotatable bonds is 2. The van der Waals surface area contributed by atoms with Gasteiger partial charge in [-0.15, -0.1) is 0 Å². The molecule has 0 spiro atoms. The number of benzene rings is 2. The molecule has 0 atom stereocenters. The molecule has 0 saturated heterocycles. The van der Waals surface area contributed by atoms with Crippen molar-refractivity contribution in [2.45, 2.75) is 20.0 Å². The molecule has 92 valence electrons. The molecule has 0 amide bonds. The van der Waals surface area contributed by atoms with E-state index in [9.17, 15) is 0 Å². The molecule has 0 fully saturated rings. The van der Waals surface area contributed by atoms with Gasteiger partial charge >= 0.3 is 0 Å². The summed E-state index contributed by atoms with van der Waals surface area (Å²) in [4.78, 5) is 2.42. The quantitative estimate of drug-likeness (QED) is 0.795. The van der Waals surface area contributed by atoms with Crippen LogP contribution in [0.5, 0.6) is 5.75 Å². The Bertz CT molecular complexity index is 552. The van der Waals surface area contributed by atoms with E-state index < -0.39 is 0 Å². The molecular formula is C16H17NO. The molecule has 0 aromatic heterocycles. The van der Waals surface area contributed by atoms with E-state index in [1.807, 2.05) is 6.07 Å². The molecule has 1 heterocycles. The predicted octanol–water partition coefficient (Wildman–Crippen LogP) is 3.52. The summed E-state index contributed by atoms with van der Waals surface area (Å²) >= 11 is 0. The lowest BCUT2D eigenvalue weighted by Crippen LogP contribution is -2.15. The predicted molar refractivity (Wildman–Crippen MR) is 74.1 cm³/mol. The zero-order valence-corrected chi connectivity index (χ0v) is 10.8. The third kappa shape index (κ3) is 1.84. The largest absolute Gasteiger partial charge is 0.497 e. The van der Waals surface area contributed by atoms with Gasteiger partial charge in [0.15, 0.2) is 0 Å². The molecular weight excluding hydrogens is 222 g/mol. The second-order valence-corrected chi connectivity index (χ2v) is 4.78. The summed E-state index contributed by atoms with van der Waals surface area (Å²) in [6, 6.07) is 14.9. The van der Waals surface area contributed by atoms with Gasteiger partial charge in [-0.25, -0.2) is 0 Å². The maximum atomic E-state index is 5.26. The second kappa shape index (κ2) is 4.37. The van der Waals surface area contributed by atoms with Crippen LogP contribution in [-0.2, 0) is 13.1 Å². The van der Waals surface area contributed by atoms with Gasteiger partial charge in [0, 0.05) is 18.8 Å². The average molecular weight is 239 g/mol. The summed E-state index contributed by atoms with van der Waals surface area (Å²) < 4.78 is 5.26. The topological polar surface area (TPSA) is 12.5 Å². The summed E-state index contributed by atoms with van der Waals surface area (Å²) in [7, 11) is 1.71. The van der Waals surface area contributed by atoms with Crippen LogP contribution in [0.3, 0.4) is 0 Å². The lowest BCUT2D eigenvalue weighted by molar-refractivity contribution is 0.414. The number of nitrogens with zero attached hydrogens (tertiary/aromatic N) is 1. The zero-order valence-electron chi connectivity index (χ0n) is 10.8. The molecule has 0 bridgehead atoms.